The van der Waals surface area contributed by atoms with E-state index in [-0.39, 0.29) is 29.2 Å². The summed E-state index contributed by atoms with van der Waals surface area (Å²) in [5, 5.41) is 10.8. The van der Waals surface area contributed by atoms with Crippen LogP contribution in [-0.4, -0.2) is 52.5 Å². The summed E-state index contributed by atoms with van der Waals surface area (Å²) >= 11 is 0. The summed E-state index contributed by atoms with van der Waals surface area (Å²) in [6.45, 7) is 10.7. The lowest BCUT2D eigenvalue weighted by atomic mass is 9.48. The van der Waals surface area contributed by atoms with Gasteiger partial charge in [-0.25, -0.2) is 9.48 Å². The Hall–Kier alpha value is -3.04. The van der Waals surface area contributed by atoms with Crippen LogP contribution < -0.4 is 21.1 Å². The molecular weight excluding hydrogens is 498 g/mol. The van der Waals surface area contributed by atoms with Crippen LogP contribution in [0.25, 0.3) is 6.20 Å². The molecule has 39 heavy (non-hydrogen) atoms. The van der Waals surface area contributed by atoms with Crippen LogP contribution in [0.1, 0.15) is 89.9 Å². The van der Waals surface area contributed by atoms with E-state index in [1.54, 1.807) is 17.1 Å². The fourth-order valence-electron chi connectivity index (χ4n) is 7.01. The average Bonchev–Trinajstić information content (AvgIpc) is 3.25. The molecule has 4 bridgehead atoms. The van der Waals surface area contributed by atoms with E-state index in [0.717, 1.165) is 38.5 Å². The number of ether oxygens (including phenoxy) is 2. The zero-order valence-electron chi connectivity index (χ0n) is 24.0. The highest BCUT2D eigenvalue weighted by Crippen LogP contribution is 2.60. The predicted octanol–water partition coefficient (Wildman–Crippen LogP) is 4.10. The van der Waals surface area contributed by atoms with Crippen molar-refractivity contribution in [2.75, 3.05) is 13.2 Å². The van der Waals surface area contributed by atoms with E-state index in [0.29, 0.717) is 48.8 Å². The average molecular weight is 544 g/mol. The number of carbonyl (C=O) groups excluding carboxylic acids is 3. The van der Waals surface area contributed by atoms with Gasteiger partial charge in [-0.1, -0.05) is 20.8 Å². The fourth-order valence-corrected chi connectivity index (χ4v) is 7.01. The lowest BCUT2D eigenvalue weighted by Gasteiger charge is -2.59. The molecule has 4 fully saturated rings. The fraction of sp³-hybridized carbons (Fsp3) is 0.724. The van der Waals surface area contributed by atoms with E-state index < -0.39 is 11.6 Å². The van der Waals surface area contributed by atoms with E-state index in [9.17, 15) is 14.4 Å². The first-order valence-corrected chi connectivity index (χ1v) is 14.3. The molecule has 1 aromatic rings. The zero-order chi connectivity index (χ0) is 28.4. The van der Waals surface area contributed by atoms with Crippen LogP contribution >= 0.6 is 0 Å². The van der Waals surface area contributed by atoms with Gasteiger partial charge >= 0.3 is 6.09 Å². The van der Waals surface area contributed by atoms with Crippen molar-refractivity contribution in [1.29, 1.82) is 0 Å². The minimum absolute atomic E-state index is 0.0115. The molecule has 0 aromatic carbocycles. The molecule has 10 heteroatoms. The standard InChI is InChI=1S/C29H45N5O5/c1-6-7-23(35)33-28(4,5)8-9-34-26(38-16-18(2)3)22(15-31-34)25(36)32-24-20-10-19-11-21(24)14-29(12-19,13-20)17-39-27(30)37/h8-9,15,18-21,24H,6-7,10-14,16-17H2,1-5H3,(H2,30,37)(H,32,36)(H,33,35)/b9-8+. The van der Waals surface area contributed by atoms with Gasteiger partial charge in [0.2, 0.25) is 11.8 Å². The molecular formula is C29H45N5O5. The Bertz CT molecular complexity index is 1080. The van der Waals surface area contributed by atoms with Crippen molar-refractivity contribution >= 4 is 24.1 Å². The van der Waals surface area contributed by atoms with Crippen LogP contribution in [0.2, 0.25) is 0 Å². The Balaban J connectivity index is 1.49. The summed E-state index contributed by atoms with van der Waals surface area (Å²) < 4.78 is 12.9. The lowest BCUT2D eigenvalue weighted by Crippen LogP contribution is -2.60. The molecule has 4 N–H and O–H groups in total. The van der Waals surface area contributed by atoms with Crippen LogP contribution in [-0.2, 0) is 9.53 Å². The summed E-state index contributed by atoms with van der Waals surface area (Å²) in [4.78, 5) is 37.0. The lowest BCUT2D eigenvalue weighted by molar-refractivity contribution is -0.122. The van der Waals surface area contributed by atoms with Gasteiger partial charge in [0.1, 0.15) is 5.56 Å². The Labute approximate surface area is 231 Å². The minimum atomic E-state index is -0.720. The van der Waals surface area contributed by atoms with Crippen molar-refractivity contribution in [2.45, 2.75) is 91.1 Å². The maximum absolute atomic E-state index is 13.6. The molecule has 2 unspecified atom stereocenters. The smallest absolute Gasteiger partial charge is 0.404 e. The molecule has 2 atom stereocenters. The number of amides is 3. The summed E-state index contributed by atoms with van der Waals surface area (Å²) in [6.07, 6.45) is 10.7. The molecule has 5 rings (SSSR count). The summed E-state index contributed by atoms with van der Waals surface area (Å²) in [5.74, 6) is 1.75. The molecule has 4 aliphatic carbocycles. The van der Waals surface area contributed by atoms with Gasteiger partial charge in [0.15, 0.2) is 0 Å². The van der Waals surface area contributed by atoms with Crippen LogP contribution in [0.3, 0.4) is 0 Å². The van der Waals surface area contributed by atoms with Crippen molar-refractivity contribution in [2.24, 2.45) is 34.8 Å². The third kappa shape index (κ3) is 6.94. The van der Waals surface area contributed by atoms with E-state index >= 15 is 0 Å². The molecule has 0 aliphatic heterocycles. The first kappa shape index (κ1) is 29.0. The SMILES string of the molecule is CCCC(=O)NC(C)(C)/C=C/n1ncc(C(=O)NC2C3CC4CC2CC(COC(N)=O)(C4)C3)c1OCC(C)C. The van der Waals surface area contributed by atoms with Gasteiger partial charge in [-0.3, -0.25) is 9.59 Å². The minimum Gasteiger partial charge on any atom is -0.477 e. The van der Waals surface area contributed by atoms with Crippen molar-refractivity contribution in [3.63, 3.8) is 0 Å². The highest BCUT2D eigenvalue weighted by atomic mass is 16.5. The molecule has 216 valence electrons. The molecule has 10 nitrogen and oxygen atoms in total. The first-order chi connectivity index (χ1) is 18.4. The molecule has 3 amide bonds. The summed E-state index contributed by atoms with van der Waals surface area (Å²) in [7, 11) is 0. The van der Waals surface area contributed by atoms with Crippen LogP contribution in [0.15, 0.2) is 12.3 Å². The predicted molar refractivity (Wildman–Crippen MR) is 148 cm³/mol. The number of nitrogens with one attached hydrogen (secondary N) is 2. The number of nitrogens with two attached hydrogens (primary N) is 1. The number of carbonyl (C=O) groups is 3. The van der Waals surface area contributed by atoms with Gasteiger partial charge < -0.3 is 25.8 Å². The molecule has 4 aliphatic rings. The molecule has 0 spiro atoms. The number of hydrogen-bond acceptors (Lipinski definition) is 6. The van der Waals surface area contributed by atoms with Crippen molar-refractivity contribution in [3.05, 3.63) is 17.8 Å². The van der Waals surface area contributed by atoms with Gasteiger partial charge in [0.05, 0.1) is 24.9 Å². The summed E-state index contributed by atoms with van der Waals surface area (Å²) in [6, 6.07) is 0.0697. The van der Waals surface area contributed by atoms with Crippen LogP contribution in [0, 0.1) is 29.1 Å². The van der Waals surface area contributed by atoms with Crippen molar-refractivity contribution in [3.8, 4) is 5.88 Å². The number of primary amides is 1. The zero-order valence-corrected chi connectivity index (χ0v) is 24.0. The normalized spacial score (nSPS) is 27.6. The Morgan fingerprint density at radius 2 is 1.92 bits per heavy atom. The second kappa shape index (κ2) is 11.6. The third-order valence-corrected chi connectivity index (χ3v) is 8.34. The molecule has 1 heterocycles. The molecule has 4 saturated carbocycles. The van der Waals surface area contributed by atoms with E-state index in [2.05, 4.69) is 29.6 Å². The second-order valence-corrected chi connectivity index (χ2v) is 12.9. The van der Waals surface area contributed by atoms with Crippen molar-refractivity contribution < 1.29 is 23.9 Å². The topological polar surface area (TPSA) is 138 Å². The molecule has 0 saturated heterocycles. The van der Waals surface area contributed by atoms with Gasteiger partial charge in [0.25, 0.3) is 5.91 Å². The monoisotopic (exact) mass is 543 g/mol. The largest absolute Gasteiger partial charge is 0.477 e. The number of nitrogens with zero attached hydrogens (tertiary/aromatic N) is 2. The number of hydrogen-bond donors (Lipinski definition) is 3. The van der Waals surface area contributed by atoms with E-state index in [1.807, 2.05) is 26.8 Å². The highest BCUT2D eigenvalue weighted by Gasteiger charge is 2.56. The third-order valence-electron chi connectivity index (χ3n) is 8.34. The Kier molecular flexibility index (Phi) is 8.61. The molecule has 1 aromatic heterocycles. The van der Waals surface area contributed by atoms with Crippen LogP contribution in [0.5, 0.6) is 5.88 Å². The van der Waals surface area contributed by atoms with E-state index in [4.69, 9.17) is 15.2 Å². The maximum Gasteiger partial charge on any atom is 0.404 e. The van der Waals surface area contributed by atoms with E-state index in [1.165, 1.54) is 0 Å². The van der Waals surface area contributed by atoms with Crippen LogP contribution in [0.4, 0.5) is 4.79 Å². The van der Waals surface area contributed by atoms with Gasteiger partial charge in [-0.05, 0) is 82.1 Å². The van der Waals surface area contributed by atoms with Gasteiger partial charge in [0, 0.05) is 24.1 Å². The summed E-state index contributed by atoms with van der Waals surface area (Å²) in [5.41, 5.74) is 5.04. The quantitative estimate of drug-likeness (QED) is 0.363. The Morgan fingerprint density at radius 3 is 2.54 bits per heavy atom. The highest BCUT2D eigenvalue weighted by molar-refractivity contribution is 5.96. The molecule has 0 radical (unpaired) electrons. The second-order valence-electron chi connectivity index (χ2n) is 12.9. The first-order valence-electron chi connectivity index (χ1n) is 14.3. The Morgan fingerprint density at radius 1 is 1.23 bits per heavy atom. The number of aromatic nitrogens is 2. The van der Waals surface area contributed by atoms with Crippen molar-refractivity contribution in [1.82, 2.24) is 20.4 Å². The maximum atomic E-state index is 13.6. The number of rotatable bonds is 12. The van der Waals surface area contributed by atoms with Gasteiger partial charge in [-0.15, -0.1) is 0 Å². The van der Waals surface area contributed by atoms with Gasteiger partial charge in [-0.2, -0.15) is 5.10 Å².